The second kappa shape index (κ2) is 5.71. The topological polar surface area (TPSA) is 79.7 Å². The summed E-state index contributed by atoms with van der Waals surface area (Å²) < 4.78 is 4.69. The van der Waals surface area contributed by atoms with Gasteiger partial charge >= 0.3 is 11.9 Å². The maximum absolute atomic E-state index is 11.6. The molecule has 6 heteroatoms. The molecule has 0 aliphatic carbocycles. The SMILES string of the molecule is COC(=O)c1ccnc(N2CCC(C(=O)O)(C(C)C)C2)c1. The summed E-state index contributed by atoms with van der Waals surface area (Å²) in [5.74, 6) is -0.555. The van der Waals surface area contributed by atoms with Gasteiger partial charge in [-0.05, 0) is 24.5 Å². The summed E-state index contributed by atoms with van der Waals surface area (Å²) in [7, 11) is 1.33. The highest BCUT2D eigenvalue weighted by Crippen LogP contribution is 2.39. The lowest BCUT2D eigenvalue weighted by molar-refractivity contribution is -0.150. The molecule has 1 aliphatic rings. The van der Waals surface area contributed by atoms with Crippen LogP contribution >= 0.6 is 0 Å². The predicted molar refractivity (Wildman–Crippen MR) is 77.3 cm³/mol. The van der Waals surface area contributed by atoms with Crippen LogP contribution in [0.5, 0.6) is 0 Å². The first-order valence-electron chi connectivity index (χ1n) is 6.93. The molecule has 0 amide bonds. The second-order valence-corrected chi connectivity index (χ2v) is 5.68. The molecule has 114 valence electrons. The number of hydrogen-bond acceptors (Lipinski definition) is 5. The van der Waals surface area contributed by atoms with Crippen molar-refractivity contribution in [2.45, 2.75) is 20.3 Å². The van der Waals surface area contributed by atoms with Crippen molar-refractivity contribution in [3.05, 3.63) is 23.9 Å². The molecule has 21 heavy (non-hydrogen) atoms. The van der Waals surface area contributed by atoms with E-state index in [1.54, 1.807) is 12.1 Å². The van der Waals surface area contributed by atoms with Gasteiger partial charge in [-0.2, -0.15) is 0 Å². The highest BCUT2D eigenvalue weighted by Gasteiger charge is 2.47. The molecule has 1 aromatic heterocycles. The fraction of sp³-hybridized carbons (Fsp3) is 0.533. The van der Waals surface area contributed by atoms with Crippen molar-refractivity contribution in [3.8, 4) is 0 Å². The Morgan fingerprint density at radius 3 is 2.71 bits per heavy atom. The Morgan fingerprint density at radius 2 is 2.19 bits per heavy atom. The molecule has 0 bridgehead atoms. The number of nitrogens with zero attached hydrogens (tertiary/aromatic N) is 2. The molecule has 1 N–H and O–H groups in total. The highest BCUT2D eigenvalue weighted by molar-refractivity contribution is 5.90. The molecule has 6 nitrogen and oxygen atoms in total. The van der Waals surface area contributed by atoms with Gasteiger partial charge < -0.3 is 14.7 Å². The molecule has 0 radical (unpaired) electrons. The third-order valence-corrected chi connectivity index (χ3v) is 4.32. The lowest BCUT2D eigenvalue weighted by Crippen LogP contribution is -2.39. The average molecular weight is 292 g/mol. The van der Waals surface area contributed by atoms with Crippen molar-refractivity contribution in [3.63, 3.8) is 0 Å². The first-order chi connectivity index (χ1) is 9.90. The molecule has 1 atom stereocenters. The number of carboxylic acids is 1. The summed E-state index contributed by atoms with van der Waals surface area (Å²) in [4.78, 5) is 29.4. The van der Waals surface area contributed by atoms with Crippen molar-refractivity contribution < 1.29 is 19.4 Å². The van der Waals surface area contributed by atoms with E-state index in [0.29, 0.717) is 30.9 Å². The number of carboxylic acid groups (broad SMARTS) is 1. The van der Waals surface area contributed by atoms with Crippen molar-refractivity contribution in [1.82, 2.24) is 4.98 Å². The molecule has 1 fully saturated rings. The number of hydrogen-bond donors (Lipinski definition) is 1. The zero-order chi connectivity index (χ0) is 15.6. The van der Waals surface area contributed by atoms with Gasteiger partial charge in [0.15, 0.2) is 0 Å². The fourth-order valence-electron chi connectivity index (χ4n) is 2.76. The zero-order valence-electron chi connectivity index (χ0n) is 12.5. The Bertz CT molecular complexity index is 558. The van der Waals surface area contributed by atoms with Gasteiger partial charge in [0.2, 0.25) is 0 Å². The Hall–Kier alpha value is -2.11. The van der Waals surface area contributed by atoms with Crippen LogP contribution in [0.2, 0.25) is 0 Å². The van der Waals surface area contributed by atoms with Crippen LogP contribution in [0.15, 0.2) is 18.3 Å². The number of aliphatic carboxylic acids is 1. The highest BCUT2D eigenvalue weighted by atomic mass is 16.5. The largest absolute Gasteiger partial charge is 0.481 e. The summed E-state index contributed by atoms with van der Waals surface area (Å²) in [6, 6.07) is 3.22. The maximum Gasteiger partial charge on any atom is 0.338 e. The van der Waals surface area contributed by atoms with E-state index < -0.39 is 17.4 Å². The lowest BCUT2D eigenvalue weighted by atomic mass is 9.76. The van der Waals surface area contributed by atoms with Gasteiger partial charge in [0, 0.05) is 19.3 Å². The Morgan fingerprint density at radius 1 is 1.48 bits per heavy atom. The van der Waals surface area contributed by atoms with Crippen molar-refractivity contribution >= 4 is 17.8 Å². The van der Waals surface area contributed by atoms with Gasteiger partial charge in [-0.25, -0.2) is 9.78 Å². The normalized spacial score (nSPS) is 21.6. The predicted octanol–water partition coefficient (Wildman–Crippen LogP) is 1.81. The molecule has 0 spiro atoms. The third kappa shape index (κ3) is 2.70. The Kier molecular flexibility index (Phi) is 4.16. The molecule has 1 unspecified atom stereocenters. The summed E-state index contributed by atoms with van der Waals surface area (Å²) in [6.07, 6.45) is 2.11. The van der Waals surface area contributed by atoms with Crippen LogP contribution in [0, 0.1) is 11.3 Å². The quantitative estimate of drug-likeness (QED) is 0.852. The fourth-order valence-corrected chi connectivity index (χ4v) is 2.76. The number of carbonyl (C=O) groups excluding carboxylic acids is 1. The number of ether oxygens (including phenoxy) is 1. The van der Waals surface area contributed by atoms with Crippen LogP contribution in [0.25, 0.3) is 0 Å². The van der Waals surface area contributed by atoms with Crippen LogP contribution in [-0.2, 0) is 9.53 Å². The minimum absolute atomic E-state index is 0.0313. The molecular weight excluding hydrogens is 272 g/mol. The molecule has 0 saturated carbocycles. The van der Waals surface area contributed by atoms with E-state index in [2.05, 4.69) is 4.98 Å². The van der Waals surface area contributed by atoms with Gasteiger partial charge in [0.25, 0.3) is 0 Å². The smallest absolute Gasteiger partial charge is 0.338 e. The van der Waals surface area contributed by atoms with Gasteiger partial charge in [0.1, 0.15) is 5.82 Å². The summed E-state index contributed by atoms with van der Waals surface area (Å²) in [5.41, 5.74) is -0.344. The Balaban J connectivity index is 2.25. The zero-order valence-corrected chi connectivity index (χ0v) is 12.5. The first-order valence-corrected chi connectivity index (χ1v) is 6.93. The number of esters is 1. The van der Waals surface area contributed by atoms with Crippen LogP contribution in [-0.4, -0.2) is 42.2 Å². The van der Waals surface area contributed by atoms with Crippen LogP contribution in [0.4, 0.5) is 5.82 Å². The van der Waals surface area contributed by atoms with Crippen molar-refractivity contribution in [2.75, 3.05) is 25.1 Å². The van der Waals surface area contributed by atoms with Crippen molar-refractivity contribution in [2.24, 2.45) is 11.3 Å². The molecular formula is C15H20N2O4. The van der Waals surface area contributed by atoms with E-state index >= 15 is 0 Å². The van der Waals surface area contributed by atoms with Gasteiger partial charge in [0.05, 0.1) is 18.1 Å². The standard InChI is InChI=1S/C15H20N2O4/c1-10(2)15(14(19)20)5-7-17(9-15)12-8-11(4-6-16-12)13(18)21-3/h4,6,8,10H,5,7,9H2,1-3H3,(H,19,20). The molecule has 1 saturated heterocycles. The van der Waals surface area contributed by atoms with E-state index in [-0.39, 0.29) is 5.92 Å². The number of anilines is 1. The van der Waals surface area contributed by atoms with Gasteiger partial charge in [-0.3, -0.25) is 4.79 Å². The monoisotopic (exact) mass is 292 g/mol. The molecule has 0 aromatic carbocycles. The van der Waals surface area contributed by atoms with Gasteiger partial charge in [-0.15, -0.1) is 0 Å². The number of methoxy groups -OCH3 is 1. The second-order valence-electron chi connectivity index (χ2n) is 5.68. The number of rotatable bonds is 4. The summed E-state index contributed by atoms with van der Waals surface area (Å²) in [5, 5.41) is 9.56. The summed E-state index contributed by atoms with van der Waals surface area (Å²) >= 11 is 0. The molecule has 2 heterocycles. The number of pyridine rings is 1. The molecule has 2 rings (SSSR count). The lowest BCUT2D eigenvalue weighted by Gasteiger charge is -2.29. The number of carbonyl (C=O) groups is 2. The van der Waals surface area contributed by atoms with Crippen LogP contribution in [0.3, 0.4) is 0 Å². The van der Waals surface area contributed by atoms with E-state index in [9.17, 15) is 14.7 Å². The Labute approximate surface area is 123 Å². The van der Waals surface area contributed by atoms with Gasteiger partial charge in [-0.1, -0.05) is 13.8 Å². The average Bonchev–Trinajstić information content (AvgIpc) is 2.93. The van der Waals surface area contributed by atoms with E-state index in [0.717, 1.165) is 0 Å². The molecule has 1 aromatic rings. The van der Waals surface area contributed by atoms with Crippen LogP contribution in [0.1, 0.15) is 30.6 Å². The summed E-state index contributed by atoms with van der Waals surface area (Å²) in [6.45, 7) is 4.87. The maximum atomic E-state index is 11.6. The minimum atomic E-state index is -0.774. The van der Waals surface area contributed by atoms with E-state index in [4.69, 9.17) is 4.74 Å². The minimum Gasteiger partial charge on any atom is -0.481 e. The van der Waals surface area contributed by atoms with Crippen molar-refractivity contribution in [1.29, 1.82) is 0 Å². The van der Waals surface area contributed by atoms with Crippen LogP contribution < -0.4 is 4.90 Å². The third-order valence-electron chi connectivity index (χ3n) is 4.32. The van der Waals surface area contributed by atoms with E-state index in [1.807, 2.05) is 18.7 Å². The van der Waals surface area contributed by atoms with E-state index in [1.165, 1.54) is 13.3 Å². The number of aromatic nitrogens is 1. The molecule has 1 aliphatic heterocycles. The first kappa shape index (κ1) is 15.3.